The summed E-state index contributed by atoms with van der Waals surface area (Å²) in [5, 5.41) is 9.73. The lowest BCUT2D eigenvalue weighted by Gasteiger charge is -2.06. The molecule has 0 spiro atoms. The second-order valence-electron chi connectivity index (χ2n) is 5.15. The summed E-state index contributed by atoms with van der Waals surface area (Å²) in [5.74, 6) is -1.16. The molecule has 2 aromatic carbocycles. The van der Waals surface area contributed by atoms with Gasteiger partial charge in [0, 0.05) is 11.8 Å². The molecule has 0 atom stereocenters. The van der Waals surface area contributed by atoms with Crippen LogP contribution in [0.25, 0.3) is 11.5 Å². The van der Waals surface area contributed by atoms with Crippen LogP contribution >= 0.6 is 0 Å². The molecule has 0 aliphatic heterocycles. The summed E-state index contributed by atoms with van der Waals surface area (Å²) in [6.45, 7) is 0. The third-order valence-electron chi connectivity index (χ3n) is 3.25. The molecule has 7 nitrogen and oxygen atoms in total. The summed E-state index contributed by atoms with van der Waals surface area (Å²) in [6, 6.07) is 11.1. The van der Waals surface area contributed by atoms with Crippen molar-refractivity contribution >= 4 is 21.8 Å². The lowest BCUT2D eigenvalue weighted by atomic mass is 10.2. The Kier molecular flexibility index (Phi) is 4.32. The summed E-state index contributed by atoms with van der Waals surface area (Å²) in [4.78, 5) is 12.2. The lowest BCUT2D eigenvalue weighted by molar-refractivity contribution is 0.102. The Morgan fingerprint density at radius 1 is 1.12 bits per heavy atom. The van der Waals surface area contributed by atoms with Gasteiger partial charge in [0.1, 0.15) is 5.82 Å². The molecule has 0 bridgehead atoms. The zero-order valence-corrected chi connectivity index (χ0v) is 13.7. The van der Waals surface area contributed by atoms with Gasteiger partial charge in [0.05, 0.1) is 10.5 Å². The minimum atomic E-state index is -3.58. The van der Waals surface area contributed by atoms with Crippen LogP contribution in [0.5, 0.6) is 0 Å². The third-order valence-corrected chi connectivity index (χ3v) is 4.40. The van der Waals surface area contributed by atoms with Crippen molar-refractivity contribution in [3.05, 3.63) is 59.9 Å². The quantitative estimate of drug-likeness (QED) is 0.766. The van der Waals surface area contributed by atoms with Crippen molar-refractivity contribution in [2.24, 2.45) is 0 Å². The maximum atomic E-state index is 13.2. The van der Waals surface area contributed by atoms with E-state index in [-0.39, 0.29) is 22.4 Å². The molecule has 25 heavy (non-hydrogen) atoms. The molecular formula is C16H12FN3O4S. The Morgan fingerprint density at radius 2 is 1.88 bits per heavy atom. The maximum Gasteiger partial charge on any atom is 0.322 e. The first-order valence-electron chi connectivity index (χ1n) is 7.04. The predicted molar refractivity (Wildman–Crippen MR) is 87.2 cm³/mol. The summed E-state index contributed by atoms with van der Waals surface area (Å²) >= 11 is 0. The van der Waals surface area contributed by atoms with Crippen LogP contribution in [0.2, 0.25) is 0 Å². The normalized spacial score (nSPS) is 11.3. The van der Waals surface area contributed by atoms with E-state index in [1.54, 1.807) is 6.07 Å². The summed E-state index contributed by atoms with van der Waals surface area (Å²) in [6.07, 6.45) is 1.01. The first-order chi connectivity index (χ1) is 11.8. The summed E-state index contributed by atoms with van der Waals surface area (Å²) < 4.78 is 42.0. The number of carbonyl (C=O) groups excluding carboxylic acids is 1. The van der Waals surface area contributed by atoms with Crippen molar-refractivity contribution in [3.63, 3.8) is 0 Å². The number of aromatic nitrogens is 2. The number of hydrogen-bond acceptors (Lipinski definition) is 6. The monoisotopic (exact) mass is 361 g/mol. The molecular weight excluding hydrogens is 349 g/mol. The zero-order valence-electron chi connectivity index (χ0n) is 12.9. The number of sulfone groups is 1. The van der Waals surface area contributed by atoms with Crippen LogP contribution in [0.15, 0.2) is 57.8 Å². The molecule has 1 heterocycles. The van der Waals surface area contributed by atoms with E-state index in [0.717, 1.165) is 6.26 Å². The van der Waals surface area contributed by atoms with Gasteiger partial charge in [0.2, 0.25) is 5.89 Å². The standard InChI is InChI=1S/C16H12FN3O4S/c1-25(22,23)13-8-3-2-7-12(13)14(21)18-16-20-19-15(24-16)10-5-4-6-11(17)9-10/h2-9H,1H3,(H,18,20,21). The fourth-order valence-corrected chi connectivity index (χ4v) is 3.04. The Morgan fingerprint density at radius 3 is 2.60 bits per heavy atom. The molecule has 0 radical (unpaired) electrons. The van der Waals surface area contributed by atoms with Gasteiger partial charge < -0.3 is 4.42 Å². The van der Waals surface area contributed by atoms with Gasteiger partial charge in [-0.25, -0.2) is 12.8 Å². The van der Waals surface area contributed by atoms with Crippen LogP contribution in [0.1, 0.15) is 10.4 Å². The van der Waals surface area contributed by atoms with Gasteiger partial charge in [-0.2, -0.15) is 0 Å². The van der Waals surface area contributed by atoms with E-state index < -0.39 is 21.6 Å². The molecule has 0 unspecified atom stereocenters. The van der Waals surface area contributed by atoms with Crippen LogP contribution in [-0.2, 0) is 9.84 Å². The van der Waals surface area contributed by atoms with E-state index in [2.05, 4.69) is 15.5 Å². The van der Waals surface area contributed by atoms with Crippen molar-refractivity contribution in [1.29, 1.82) is 0 Å². The van der Waals surface area contributed by atoms with Gasteiger partial charge in [-0.15, -0.1) is 5.10 Å². The van der Waals surface area contributed by atoms with Crippen LogP contribution in [0.3, 0.4) is 0 Å². The molecule has 1 aromatic heterocycles. The number of halogens is 1. The Labute approximate surface area is 142 Å². The zero-order chi connectivity index (χ0) is 18.0. The first-order valence-corrected chi connectivity index (χ1v) is 8.93. The SMILES string of the molecule is CS(=O)(=O)c1ccccc1C(=O)Nc1nnc(-c2cccc(F)c2)o1. The number of nitrogens with zero attached hydrogens (tertiary/aromatic N) is 2. The molecule has 9 heteroatoms. The third kappa shape index (κ3) is 3.72. The van der Waals surface area contributed by atoms with Crippen molar-refractivity contribution in [2.45, 2.75) is 4.90 Å². The fourth-order valence-electron chi connectivity index (χ4n) is 2.15. The van der Waals surface area contributed by atoms with E-state index in [4.69, 9.17) is 4.42 Å². The maximum absolute atomic E-state index is 13.2. The van der Waals surface area contributed by atoms with E-state index in [1.807, 2.05) is 0 Å². The molecule has 128 valence electrons. The van der Waals surface area contributed by atoms with E-state index in [0.29, 0.717) is 5.56 Å². The Hall–Kier alpha value is -3.07. The number of anilines is 1. The fraction of sp³-hybridized carbons (Fsp3) is 0.0625. The number of benzene rings is 2. The minimum absolute atomic E-state index is 0.0196. The molecule has 0 saturated carbocycles. The van der Waals surface area contributed by atoms with E-state index >= 15 is 0 Å². The molecule has 0 fully saturated rings. The van der Waals surface area contributed by atoms with Crippen LogP contribution in [0, 0.1) is 5.82 Å². The Bertz CT molecular complexity index is 1050. The molecule has 1 amide bonds. The predicted octanol–water partition coefficient (Wildman–Crippen LogP) is 2.53. The second-order valence-corrected chi connectivity index (χ2v) is 7.13. The van der Waals surface area contributed by atoms with Crippen molar-refractivity contribution in [1.82, 2.24) is 10.2 Å². The molecule has 0 aliphatic carbocycles. The topological polar surface area (TPSA) is 102 Å². The highest BCUT2D eigenvalue weighted by molar-refractivity contribution is 7.90. The van der Waals surface area contributed by atoms with Gasteiger partial charge >= 0.3 is 6.01 Å². The largest absolute Gasteiger partial charge is 0.403 e. The lowest BCUT2D eigenvalue weighted by Crippen LogP contribution is -2.16. The molecule has 3 rings (SSSR count). The average Bonchev–Trinajstić information content (AvgIpc) is 3.02. The van der Waals surface area contributed by atoms with E-state index in [9.17, 15) is 17.6 Å². The van der Waals surface area contributed by atoms with Crippen molar-refractivity contribution < 1.29 is 22.0 Å². The highest BCUT2D eigenvalue weighted by Crippen LogP contribution is 2.22. The smallest absolute Gasteiger partial charge is 0.322 e. The number of hydrogen-bond donors (Lipinski definition) is 1. The molecule has 0 saturated heterocycles. The van der Waals surface area contributed by atoms with Gasteiger partial charge in [-0.3, -0.25) is 10.1 Å². The highest BCUT2D eigenvalue weighted by Gasteiger charge is 2.20. The second kappa shape index (κ2) is 6.44. The molecule has 0 aliphatic rings. The van der Waals surface area contributed by atoms with Gasteiger partial charge in [0.15, 0.2) is 9.84 Å². The number of nitrogens with one attached hydrogen (secondary N) is 1. The Balaban J connectivity index is 1.86. The van der Waals surface area contributed by atoms with Crippen LogP contribution in [-0.4, -0.2) is 30.8 Å². The highest BCUT2D eigenvalue weighted by atomic mass is 32.2. The van der Waals surface area contributed by atoms with E-state index in [1.165, 1.54) is 42.5 Å². The van der Waals surface area contributed by atoms with Crippen molar-refractivity contribution in [3.8, 4) is 11.5 Å². The van der Waals surface area contributed by atoms with Crippen LogP contribution in [0.4, 0.5) is 10.4 Å². The van der Waals surface area contributed by atoms with Gasteiger partial charge in [-0.05, 0) is 30.3 Å². The minimum Gasteiger partial charge on any atom is -0.403 e. The molecule has 3 aromatic rings. The number of amides is 1. The van der Waals surface area contributed by atoms with Gasteiger partial charge in [0.25, 0.3) is 5.91 Å². The van der Waals surface area contributed by atoms with Crippen LogP contribution < -0.4 is 5.32 Å². The van der Waals surface area contributed by atoms with Gasteiger partial charge in [-0.1, -0.05) is 23.3 Å². The first kappa shape index (κ1) is 16.8. The average molecular weight is 361 g/mol. The number of rotatable bonds is 4. The summed E-state index contributed by atoms with van der Waals surface area (Å²) in [5.41, 5.74) is 0.306. The van der Waals surface area contributed by atoms with Crippen molar-refractivity contribution in [2.75, 3.05) is 11.6 Å². The summed E-state index contributed by atoms with van der Waals surface area (Å²) in [7, 11) is -3.58. The molecule has 1 N–H and O–H groups in total. The number of carbonyl (C=O) groups is 1.